The molecule has 1 atom stereocenters. The second-order valence-corrected chi connectivity index (χ2v) is 6.01. The first-order valence-corrected chi connectivity index (χ1v) is 7.66. The summed E-state index contributed by atoms with van der Waals surface area (Å²) < 4.78 is 10.6. The molecule has 0 spiro atoms. The number of imide groups is 1. The Hall–Kier alpha value is -2.77. The molecule has 2 aliphatic rings. The maximum Gasteiger partial charge on any atom is 0.325 e. The van der Waals surface area contributed by atoms with Gasteiger partial charge in [-0.05, 0) is 37.5 Å². The number of fused-ring (bicyclic) bond motifs is 1. The van der Waals surface area contributed by atoms with Crippen LogP contribution < -0.4 is 20.1 Å². The third-order valence-corrected chi connectivity index (χ3v) is 4.28. The SMILES string of the molecule is CNC(=O)CN1C(=O)N[C@@](C)(CCc2ccc3c(c2)OCO3)C1=O. The summed E-state index contributed by atoms with van der Waals surface area (Å²) >= 11 is 0. The number of aryl methyl sites for hydroxylation is 1. The predicted molar refractivity (Wildman–Crippen MR) is 83.6 cm³/mol. The number of hydrogen-bond acceptors (Lipinski definition) is 5. The lowest BCUT2D eigenvalue weighted by Crippen LogP contribution is -2.45. The van der Waals surface area contributed by atoms with Crippen molar-refractivity contribution in [2.45, 2.75) is 25.3 Å². The molecule has 0 saturated carbocycles. The summed E-state index contributed by atoms with van der Waals surface area (Å²) in [6.07, 6.45) is 0.994. The number of amides is 4. The molecular formula is C16H19N3O5. The van der Waals surface area contributed by atoms with E-state index in [-0.39, 0.29) is 13.3 Å². The third-order valence-electron chi connectivity index (χ3n) is 4.28. The maximum absolute atomic E-state index is 12.5. The van der Waals surface area contributed by atoms with Crippen LogP contribution in [0.2, 0.25) is 0 Å². The zero-order chi connectivity index (χ0) is 17.3. The van der Waals surface area contributed by atoms with Gasteiger partial charge in [-0.1, -0.05) is 6.07 Å². The van der Waals surface area contributed by atoms with Crippen molar-refractivity contribution in [1.82, 2.24) is 15.5 Å². The summed E-state index contributed by atoms with van der Waals surface area (Å²) in [5.41, 5.74) is -0.0474. The van der Waals surface area contributed by atoms with Gasteiger partial charge >= 0.3 is 6.03 Å². The molecular weight excluding hydrogens is 314 g/mol. The number of nitrogens with one attached hydrogen (secondary N) is 2. The molecule has 0 radical (unpaired) electrons. The van der Waals surface area contributed by atoms with E-state index in [0.717, 1.165) is 10.5 Å². The van der Waals surface area contributed by atoms with Gasteiger partial charge in [0, 0.05) is 7.05 Å². The minimum Gasteiger partial charge on any atom is -0.454 e. The Morgan fingerprint density at radius 3 is 2.83 bits per heavy atom. The second-order valence-electron chi connectivity index (χ2n) is 6.01. The van der Waals surface area contributed by atoms with Crippen molar-refractivity contribution >= 4 is 17.8 Å². The molecule has 0 bridgehead atoms. The van der Waals surface area contributed by atoms with E-state index in [1.54, 1.807) is 6.92 Å². The number of benzene rings is 1. The fraction of sp³-hybridized carbons (Fsp3) is 0.438. The molecule has 2 aliphatic heterocycles. The predicted octanol–water partition coefficient (Wildman–Crippen LogP) is 0.404. The lowest BCUT2D eigenvalue weighted by molar-refractivity contribution is -0.134. The molecule has 1 aromatic carbocycles. The van der Waals surface area contributed by atoms with Crippen LogP contribution in [0.25, 0.3) is 0 Å². The molecule has 24 heavy (non-hydrogen) atoms. The van der Waals surface area contributed by atoms with E-state index in [4.69, 9.17) is 9.47 Å². The number of urea groups is 1. The van der Waals surface area contributed by atoms with E-state index >= 15 is 0 Å². The fourth-order valence-electron chi connectivity index (χ4n) is 2.77. The number of hydrogen-bond donors (Lipinski definition) is 2. The van der Waals surface area contributed by atoms with E-state index in [9.17, 15) is 14.4 Å². The molecule has 2 heterocycles. The van der Waals surface area contributed by atoms with Crippen LogP contribution in [-0.2, 0) is 16.0 Å². The van der Waals surface area contributed by atoms with Crippen LogP contribution in [0.3, 0.4) is 0 Å². The Kier molecular flexibility index (Phi) is 4.04. The highest BCUT2D eigenvalue weighted by Crippen LogP contribution is 2.33. The van der Waals surface area contributed by atoms with Crippen molar-refractivity contribution in [1.29, 1.82) is 0 Å². The molecule has 0 aliphatic carbocycles. The standard InChI is InChI=1S/C16H19N3O5/c1-16(14(21)19(15(22)18-16)8-13(20)17-2)6-5-10-3-4-11-12(7-10)24-9-23-11/h3-4,7H,5-6,8-9H2,1-2H3,(H,17,20)(H,18,22)/t16-/m0/s1. The minimum atomic E-state index is -1.03. The van der Waals surface area contributed by atoms with Crippen molar-refractivity contribution < 1.29 is 23.9 Å². The van der Waals surface area contributed by atoms with E-state index in [1.165, 1.54) is 7.05 Å². The number of rotatable bonds is 5. The van der Waals surface area contributed by atoms with Crippen molar-refractivity contribution in [2.75, 3.05) is 20.4 Å². The van der Waals surface area contributed by atoms with Gasteiger partial charge in [0.1, 0.15) is 12.1 Å². The number of ether oxygens (including phenoxy) is 2. The summed E-state index contributed by atoms with van der Waals surface area (Å²) in [6, 6.07) is 5.06. The highest BCUT2D eigenvalue weighted by molar-refractivity contribution is 6.08. The fourth-order valence-corrected chi connectivity index (χ4v) is 2.77. The van der Waals surface area contributed by atoms with E-state index in [1.807, 2.05) is 18.2 Å². The minimum absolute atomic E-state index is 0.208. The Labute approximate surface area is 139 Å². The number of likely N-dealkylation sites (N-methyl/N-ethyl adjacent to an activating group) is 1. The van der Waals surface area contributed by atoms with Crippen molar-refractivity contribution in [3.63, 3.8) is 0 Å². The Balaban J connectivity index is 1.67. The van der Waals surface area contributed by atoms with Crippen LogP contribution in [-0.4, -0.2) is 48.7 Å². The van der Waals surface area contributed by atoms with Crippen molar-refractivity contribution in [3.8, 4) is 11.5 Å². The number of nitrogens with zero attached hydrogens (tertiary/aromatic N) is 1. The molecule has 1 saturated heterocycles. The highest BCUT2D eigenvalue weighted by atomic mass is 16.7. The van der Waals surface area contributed by atoms with E-state index < -0.39 is 23.4 Å². The van der Waals surface area contributed by atoms with Gasteiger partial charge in [-0.3, -0.25) is 14.5 Å². The van der Waals surface area contributed by atoms with Crippen LogP contribution >= 0.6 is 0 Å². The topological polar surface area (TPSA) is 97.0 Å². The average molecular weight is 333 g/mol. The van der Waals surface area contributed by atoms with Crippen LogP contribution in [0.4, 0.5) is 4.79 Å². The van der Waals surface area contributed by atoms with Gasteiger partial charge < -0.3 is 20.1 Å². The Bertz CT molecular complexity index is 705. The summed E-state index contributed by atoms with van der Waals surface area (Å²) in [5, 5.41) is 5.09. The smallest absolute Gasteiger partial charge is 0.325 e. The monoisotopic (exact) mass is 333 g/mol. The molecule has 8 heteroatoms. The molecule has 1 aromatic rings. The summed E-state index contributed by atoms with van der Waals surface area (Å²) in [5.74, 6) is 0.600. The molecule has 128 valence electrons. The first kappa shape index (κ1) is 16.1. The zero-order valence-electron chi connectivity index (χ0n) is 13.5. The van der Waals surface area contributed by atoms with Gasteiger partial charge in [0.2, 0.25) is 12.7 Å². The lowest BCUT2D eigenvalue weighted by Gasteiger charge is -2.21. The number of carbonyl (C=O) groups excluding carboxylic acids is 3. The summed E-state index contributed by atoms with van der Waals surface area (Å²) in [7, 11) is 1.46. The molecule has 0 aromatic heterocycles. The third kappa shape index (κ3) is 2.86. The molecule has 1 fully saturated rings. The summed E-state index contributed by atoms with van der Waals surface area (Å²) in [6.45, 7) is 1.60. The Morgan fingerprint density at radius 2 is 2.08 bits per heavy atom. The largest absolute Gasteiger partial charge is 0.454 e. The first-order chi connectivity index (χ1) is 11.4. The van der Waals surface area contributed by atoms with Crippen LogP contribution in [0.15, 0.2) is 18.2 Å². The Morgan fingerprint density at radius 1 is 1.33 bits per heavy atom. The van der Waals surface area contributed by atoms with Gasteiger partial charge in [-0.15, -0.1) is 0 Å². The second kappa shape index (κ2) is 6.03. The highest BCUT2D eigenvalue weighted by Gasteiger charge is 2.47. The zero-order valence-corrected chi connectivity index (χ0v) is 13.5. The van der Waals surface area contributed by atoms with Gasteiger partial charge in [-0.25, -0.2) is 4.79 Å². The van der Waals surface area contributed by atoms with E-state index in [0.29, 0.717) is 24.3 Å². The molecule has 3 rings (SSSR count). The molecule has 8 nitrogen and oxygen atoms in total. The van der Waals surface area contributed by atoms with Crippen LogP contribution in [0, 0.1) is 0 Å². The van der Waals surface area contributed by atoms with Gasteiger partial charge in [0.05, 0.1) is 0 Å². The number of carbonyl (C=O) groups is 3. The average Bonchev–Trinajstić information content (AvgIpc) is 3.11. The molecule has 0 unspecified atom stereocenters. The van der Waals surface area contributed by atoms with Crippen LogP contribution in [0.1, 0.15) is 18.9 Å². The normalized spacial score (nSPS) is 21.8. The van der Waals surface area contributed by atoms with E-state index in [2.05, 4.69) is 10.6 Å². The molecule has 4 amide bonds. The van der Waals surface area contributed by atoms with Crippen LogP contribution in [0.5, 0.6) is 11.5 Å². The summed E-state index contributed by atoms with van der Waals surface area (Å²) in [4.78, 5) is 36.9. The lowest BCUT2D eigenvalue weighted by atomic mass is 9.93. The van der Waals surface area contributed by atoms with Crippen molar-refractivity contribution in [3.05, 3.63) is 23.8 Å². The maximum atomic E-state index is 12.5. The van der Waals surface area contributed by atoms with Crippen molar-refractivity contribution in [2.24, 2.45) is 0 Å². The molecule has 2 N–H and O–H groups in total. The van der Waals surface area contributed by atoms with Gasteiger partial charge in [-0.2, -0.15) is 0 Å². The first-order valence-electron chi connectivity index (χ1n) is 7.66. The van der Waals surface area contributed by atoms with Gasteiger partial charge in [0.25, 0.3) is 5.91 Å². The quantitative estimate of drug-likeness (QED) is 0.761. The van der Waals surface area contributed by atoms with Gasteiger partial charge in [0.15, 0.2) is 11.5 Å².